The molecule has 0 atom stereocenters. The van der Waals surface area contributed by atoms with Crippen molar-refractivity contribution in [3.8, 4) is 5.75 Å². The number of aryl methyl sites for hydroxylation is 1. The molecule has 3 aromatic carbocycles. The first kappa shape index (κ1) is 25.7. The molecule has 0 aliphatic heterocycles. The van der Waals surface area contributed by atoms with Gasteiger partial charge in [-0.05, 0) is 67.3 Å². The predicted molar refractivity (Wildman–Crippen MR) is 135 cm³/mol. The van der Waals surface area contributed by atoms with Gasteiger partial charge in [-0.15, -0.1) is 0 Å². The summed E-state index contributed by atoms with van der Waals surface area (Å²) in [4.78, 5) is 0.119. The summed E-state index contributed by atoms with van der Waals surface area (Å²) in [6.07, 6.45) is 0. The van der Waals surface area contributed by atoms with E-state index in [-0.39, 0.29) is 21.6 Å². The molecule has 0 radical (unpaired) electrons. The molecule has 3 rings (SSSR count). The van der Waals surface area contributed by atoms with Crippen LogP contribution in [0, 0.1) is 6.92 Å². The van der Waals surface area contributed by atoms with Crippen LogP contribution in [0.2, 0.25) is 0 Å². The van der Waals surface area contributed by atoms with Crippen LogP contribution in [0.1, 0.15) is 56.2 Å². The summed E-state index contributed by atoms with van der Waals surface area (Å²) in [7, 11) is -7.80. The molecule has 0 unspecified atom stereocenters. The second-order valence-corrected chi connectivity index (χ2v) is 11.9. The third-order valence-corrected chi connectivity index (χ3v) is 7.53. The molecule has 0 heterocycles. The van der Waals surface area contributed by atoms with Gasteiger partial charge in [0.25, 0.3) is 0 Å². The van der Waals surface area contributed by atoms with Gasteiger partial charge in [0.15, 0.2) is 0 Å². The van der Waals surface area contributed by atoms with Gasteiger partial charge in [0.2, 0.25) is 10.0 Å². The molecule has 9 heteroatoms. The van der Waals surface area contributed by atoms with Crippen molar-refractivity contribution in [2.75, 3.05) is 5.32 Å². The fourth-order valence-electron chi connectivity index (χ4n) is 3.46. The molecule has 182 valence electrons. The number of nitrogens with two attached hydrogens (primary N) is 1. The van der Waals surface area contributed by atoms with E-state index in [2.05, 4.69) is 5.32 Å². The minimum atomic E-state index is -4.02. The minimum absolute atomic E-state index is 0.0211. The van der Waals surface area contributed by atoms with Crippen molar-refractivity contribution in [3.05, 3.63) is 77.4 Å². The van der Waals surface area contributed by atoms with Crippen LogP contribution in [0.15, 0.2) is 70.5 Å². The van der Waals surface area contributed by atoms with Gasteiger partial charge in [0, 0.05) is 22.5 Å². The van der Waals surface area contributed by atoms with Crippen LogP contribution >= 0.6 is 0 Å². The summed E-state index contributed by atoms with van der Waals surface area (Å²) < 4.78 is 54.9. The Kier molecular flexibility index (Phi) is 7.40. The Balaban J connectivity index is 2.03. The number of hydrogen-bond acceptors (Lipinski definition) is 6. The molecular formula is C25H30N2O5S2. The molecule has 34 heavy (non-hydrogen) atoms. The van der Waals surface area contributed by atoms with Gasteiger partial charge in [-0.25, -0.2) is 13.6 Å². The van der Waals surface area contributed by atoms with Crippen molar-refractivity contribution in [2.45, 2.75) is 56.2 Å². The van der Waals surface area contributed by atoms with E-state index < -0.39 is 20.1 Å². The zero-order valence-corrected chi connectivity index (χ0v) is 21.5. The van der Waals surface area contributed by atoms with E-state index >= 15 is 0 Å². The molecule has 0 saturated carbocycles. The van der Waals surface area contributed by atoms with E-state index in [0.29, 0.717) is 11.4 Å². The molecule has 0 spiro atoms. The quantitative estimate of drug-likeness (QED) is 0.399. The smallest absolute Gasteiger partial charge is 0.339 e. The van der Waals surface area contributed by atoms with E-state index in [1.807, 2.05) is 46.8 Å². The molecular weight excluding hydrogens is 472 g/mol. The normalized spacial score (nSPS) is 12.2. The molecule has 0 aliphatic carbocycles. The molecule has 7 nitrogen and oxygen atoms in total. The lowest BCUT2D eigenvalue weighted by atomic mass is 9.93. The zero-order valence-electron chi connectivity index (χ0n) is 19.9. The highest BCUT2D eigenvalue weighted by molar-refractivity contribution is 7.89. The van der Waals surface area contributed by atoms with E-state index in [1.165, 1.54) is 24.3 Å². The number of sulfonamides is 1. The molecule has 0 saturated heterocycles. The molecule has 3 N–H and O–H groups in total. The Hall–Kier alpha value is -2.88. The molecule has 0 aliphatic rings. The third-order valence-electron chi connectivity index (χ3n) is 5.36. The molecule has 3 aromatic rings. The Labute approximate surface area is 202 Å². The number of hydrogen-bond donors (Lipinski definition) is 2. The van der Waals surface area contributed by atoms with Crippen LogP contribution in [-0.4, -0.2) is 16.8 Å². The van der Waals surface area contributed by atoms with Crippen LogP contribution in [-0.2, 0) is 20.1 Å². The van der Waals surface area contributed by atoms with Crippen LogP contribution in [0.25, 0.3) is 0 Å². The molecule has 0 fully saturated rings. The third kappa shape index (κ3) is 5.97. The lowest BCUT2D eigenvalue weighted by Crippen LogP contribution is -2.14. The topological polar surface area (TPSA) is 116 Å². The van der Waals surface area contributed by atoms with Crippen molar-refractivity contribution in [3.63, 3.8) is 0 Å². The largest absolute Gasteiger partial charge is 0.378 e. The van der Waals surface area contributed by atoms with Gasteiger partial charge in [-0.2, -0.15) is 8.42 Å². The lowest BCUT2D eigenvalue weighted by Gasteiger charge is -2.22. The van der Waals surface area contributed by atoms with E-state index in [4.69, 9.17) is 9.32 Å². The summed E-state index contributed by atoms with van der Waals surface area (Å²) in [6, 6.07) is 16.3. The highest BCUT2D eigenvalue weighted by Crippen LogP contribution is 2.39. The Morgan fingerprint density at radius 1 is 0.735 bits per heavy atom. The van der Waals surface area contributed by atoms with Crippen LogP contribution < -0.4 is 14.6 Å². The SMILES string of the molecule is Cc1ccc(S(=O)(=O)Oc2c(C(C)C)cc(Nc3ccc(S(N)(=O)=O)cc3)cc2C(C)C)cc1. The number of nitrogens with one attached hydrogen (secondary N) is 1. The summed E-state index contributed by atoms with van der Waals surface area (Å²) in [5.41, 5.74) is 3.84. The van der Waals surface area contributed by atoms with Gasteiger partial charge in [-0.1, -0.05) is 45.4 Å². The van der Waals surface area contributed by atoms with Gasteiger partial charge >= 0.3 is 10.1 Å². The maximum atomic E-state index is 13.1. The standard InChI is InChI=1S/C25H30N2O5S2/c1-16(2)23-14-20(27-19-8-12-21(13-9-19)33(26,28)29)15-24(17(3)4)25(23)32-34(30,31)22-10-6-18(5)7-11-22/h6-17,27H,1-5H3,(H2,26,28,29). The molecule has 0 bridgehead atoms. The highest BCUT2D eigenvalue weighted by atomic mass is 32.2. The second kappa shape index (κ2) is 9.77. The zero-order chi connectivity index (χ0) is 25.3. The second-order valence-electron chi connectivity index (χ2n) is 8.84. The van der Waals surface area contributed by atoms with Crippen LogP contribution in [0.3, 0.4) is 0 Å². The fourth-order valence-corrected chi connectivity index (χ4v) is 4.95. The van der Waals surface area contributed by atoms with Crippen LogP contribution in [0.5, 0.6) is 5.75 Å². The highest BCUT2D eigenvalue weighted by Gasteiger charge is 2.24. The van der Waals surface area contributed by atoms with Gasteiger partial charge in [0.05, 0.1) is 4.90 Å². The van der Waals surface area contributed by atoms with E-state index in [1.54, 1.807) is 24.3 Å². The van der Waals surface area contributed by atoms with Crippen molar-refractivity contribution >= 4 is 31.5 Å². The molecule has 0 aromatic heterocycles. The first-order valence-electron chi connectivity index (χ1n) is 10.9. The maximum Gasteiger partial charge on any atom is 0.339 e. The van der Waals surface area contributed by atoms with E-state index in [0.717, 1.165) is 22.4 Å². The summed E-state index contributed by atoms with van der Waals surface area (Å²) in [5, 5.41) is 8.43. The van der Waals surface area contributed by atoms with Crippen molar-refractivity contribution in [1.29, 1.82) is 0 Å². The Bertz CT molecular complexity index is 1350. The summed E-state index contributed by atoms with van der Waals surface area (Å²) in [5.74, 6) is 0.292. The monoisotopic (exact) mass is 502 g/mol. The van der Waals surface area contributed by atoms with Gasteiger partial charge < -0.3 is 9.50 Å². The Morgan fingerprint density at radius 2 is 1.21 bits per heavy atom. The number of anilines is 2. The fraction of sp³-hybridized carbons (Fsp3) is 0.280. The van der Waals surface area contributed by atoms with Crippen molar-refractivity contribution in [2.24, 2.45) is 5.14 Å². The van der Waals surface area contributed by atoms with Gasteiger partial charge in [0.1, 0.15) is 10.6 Å². The predicted octanol–water partition coefficient (Wildman–Crippen LogP) is 5.40. The maximum absolute atomic E-state index is 13.1. The number of primary sulfonamides is 1. The summed E-state index contributed by atoms with van der Waals surface area (Å²) in [6.45, 7) is 9.76. The average Bonchev–Trinajstić information content (AvgIpc) is 2.74. The Morgan fingerprint density at radius 3 is 1.65 bits per heavy atom. The van der Waals surface area contributed by atoms with Gasteiger partial charge in [-0.3, -0.25) is 0 Å². The average molecular weight is 503 g/mol. The van der Waals surface area contributed by atoms with Crippen molar-refractivity contribution in [1.82, 2.24) is 0 Å². The number of benzene rings is 3. The number of rotatable bonds is 8. The lowest BCUT2D eigenvalue weighted by molar-refractivity contribution is 0.476. The first-order chi connectivity index (χ1) is 15.8. The van der Waals surface area contributed by atoms with E-state index in [9.17, 15) is 16.8 Å². The first-order valence-corrected chi connectivity index (χ1v) is 13.8. The van der Waals surface area contributed by atoms with Crippen molar-refractivity contribution < 1.29 is 21.0 Å². The minimum Gasteiger partial charge on any atom is -0.378 e. The molecule has 0 amide bonds. The van der Waals surface area contributed by atoms with Crippen LogP contribution in [0.4, 0.5) is 11.4 Å². The summed E-state index contributed by atoms with van der Waals surface area (Å²) >= 11 is 0.